The van der Waals surface area contributed by atoms with E-state index in [-0.39, 0.29) is 4.90 Å². The predicted molar refractivity (Wildman–Crippen MR) is 101 cm³/mol. The first-order valence-electron chi connectivity index (χ1n) is 7.62. The molecule has 0 saturated carbocycles. The molecule has 126 valence electrons. The van der Waals surface area contributed by atoms with Crippen LogP contribution in [0.15, 0.2) is 70.9 Å². The van der Waals surface area contributed by atoms with Crippen LogP contribution in [0.2, 0.25) is 0 Å². The molecule has 2 heterocycles. The first kappa shape index (κ1) is 15.9. The van der Waals surface area contributed by atoms with Gasteiger partial charge in [-0.2, -0.15) is 5.10 Å². The second kappa shape index (κ2) is 6.02. The van der Waals surface area contributed by atoms with E-state index >= 15 is 0 Å². The van der Waals surface area contributed by atoms with Gasteiger partial charge in [0, 0.05) is 13.1 Å². The van der Waals surface area contributed by atoms with Gasteiger partial charge in [-0.25, -0.2) is 8.42 Å². The molecule has 0 saturated heterocycles. The van der Waals surface area contributed by atoms with Gasteiger partial charge in [-0.15, -0.1) is 11.3 Å². The van der Waals surface area contributed by atoms with Crippen molar-refractivity contribution in [2.24, 2.45) is 7.05 Å². The molecular weight excluding hydrogens is 354 g/mol. The molecule has 25 heavy (non-hydrogen) atoms. The van der Waals surface area contributed by atoms with Crippen molar-refractivity contribution in [2.45, 2.75) is 4.90 Å². The molecule has 2 aromatic carbocycles. The Kier molecular flexibility index (Phi) is 3.82. The third-order valence-corrected chi connectivity index (χ3v) is 6.17. The van der Waals surface area contributed by atoms with Crippen LogP contribution in [0.25, 0.3) is 21.3 Å². The first-order chi connectivity index (χ1) is 12.0. The second-order valence-corrected chi connectivity index (χ2v) is 8.26. The lowest BCUT2D eigenvalue weighted by molar-refractivity contribution is 0.600. The number of sulfonamides is 1. The molecule has 4 rings (SSSR count). The molecule has 0 bridgehead atoms. The summed E-state index contributed by atoms with van der Waals surface area (Å²) in [5, 5.41) is 8.23. The topological polar surface area (TPSA) is 64.0 Å². The van der Waals surface area contributed by atoms with Crippen LogP contribution in [0, 0.1) is 0 Å². The standard InChI is InChI=1S/C18H15N3O2S2/c1-21-18(12-16(19-21)17-7-4-10-24-17)20-25(22,23)15-9-8-13-5-2-3-6-14(13)11-15/h2-12,20H,1H3. The lowest BCUT2D eigenvalue weighted by atomic mass is 10.1. The van der Waals surface area contributed by atoms with Gasteiger partial charge in [0.15, 0.2) is 0 Å². The highest BCUT2D eigenvalue weighted by molar-refractivity contribution is 7.92. The number of thiophene rings is 1. The summed E-state index contributed by atoms with van der Waals surface area (Å²) in [5.74, 6) is 0.427. The van der Waals surface area contributed by atoms with Crippen molar-refractivity contribution in [1.29, 1.82) is 0 Å². The molecule has 4 aromatic rings. The summed E-state index contributed by atoms with van der Waals surface area (Å²) < 4.78 is 29.6. The Hall–Kier alpha value is -2.64. The molecule has 0 aliphatic heterocycles. The summed E-state index contributed by atoms with van der Waals surface area (Å²) in [4.78, 5) is 1.22. The van der Waals surface area contributed by atoms with E-state index in [4.69, 9.17) is 0 Å². The molecule has 2 aromatic heterocycles. The van der Waals surface area contributed by atoms with E-state index in [0.717, 1.165) is 21.3 Å². The highest BCUT2D eigenvalue weighted by Crippen LogP contribution is 2.27. The molecule has 7 heteroatoms. The smallest absolute Gasteiger partial charge is 0.263 e. The quantitative estimate of drug-likeness (QED) is 0.589. The average Bonchev–Trinajstić information content (AvgIpc) is 3.25. The normalized spacial score (nSPS) is 11.7. The third-order valence-electron chi connectivity index (χ3n) is 3.92. The fourth-order valence-electron chi connectivity index (χ4n) is 2.64. The fourth-order valence-corrected chi connectivity index (χ4v) is 4.43. The molecule has 0 unspecified atom stereocenters. The number of nitrogens with zero attached hydrogens (tertiary/aromatic N) is 2. The molecule has 0 aliphatic rings. The zero-order valence-corrected chi connectivity index (χ0v) is 15.0. The van der Waals surface area contributed by atoms with Gasteiger partial charge < -0.3 is 0 Å². The van der Waals surface area contributed by atoms with E-state index in [1.165, 1.54) is 4.68 Å². The Balaban J connectivity index is 1.69. The highest BCUT2D eigenvalue weighted by Gasteiger charge is 2.18. The van der Waals surface area contributed by atoms with Gasteiger partial charge in [-0.3, -0.25) is 9.40 Å². The van der Waals surface area contributed by atoms with Crippen molar-refractivity contribution in [3.63, 3.8) is 0 Å². The molecular formula is C18H15N3O2S2. The molecule has 5 nitrogen and oxygen atoms in total. The van der Waals surface area contributed by atoms with Gasteiger partial charge in [0.05, 0.1) is 9.77 Å². The van der Waals surface area contributed by atoms with Crippen molar-refractivity contribution in [1.82, 2.24) is 9.78 Å². The monoisotopic (exact) mass is 369 g/mol. The maximum atomic E-state index is 12.7. The van der Waals surface area contributed by atoms with Crippen LogP contribution >= 0.6 is 11.3 Å². The van der Waals surface area contributed by atoms with Crippen LogP contribution in [0.1, 0.15) is 0 Å². The molecule has 0 aliphatic carbocycles. The second-order valence-electron chi connectivity index (χ2n) is 5.63. The Morgan fingerprint density at radius 2 is 1.80 bits per heavy atom. The summed E-state index contributed by atoms with van der Waals surface area (Å²) in [6.45, 7) is 0. The van der Waals surface area contributed by atoms with Gasteiger partial charge in [0.2, 0.25) is 0 Å². The van der Waals surface area contributed by atoms with Crippen LogP contribution in [0.3, 0.4) is 0 Å². The van der Waals surface area contributed by atoms with Crippen molar-refractivity contribution < 1.29 is 8.42 Å². The number of aryl methyl sites for hydroxylation is 1. The maximum absolute atomic E-state index is 12.7. The summed E-state index contributed by atoms with van der Waals surface area (Å²) in [6.07, 6.45) is 0. The third kappa shape index (κ3) is 3.04. The Labute approximate surface area is 149 Å². The van der Waals surface area contributed by atoms with Gasteiger partial charge in [0.1, 0.15) is 11.5 Å². The number of hydrogen-bond acceptors (Lipinski definition) is 4. The largest absolute Gasteiger partial charge is 0.264 e. The van der Waals surface area contributed by atoms with E-state index < -0.39 is 10.0 Å². The van der Waals surface area contributed by atoms with Crippen molar-refractivity contribution >= 4 is 38.0 Å². The molecule has 0 fully saturated rings. The van der Waals surface area contributed by atoms with Gasteiger partial charge in [0.25, 0.3) is 10.0 Å². The minimum atomic E-state index is -3.69. The predicted octanol–water partition coefficient (Wildman–Crippen LogP) is 4.10. The van der Waals surface area contributed by atoms with E-state index in [1.807, 2.05) is 47.8 Å². The number of anilines is 1. The molecule has 1 N–H and O–H groups in total. The van der Waals surface area contributed by atoms with Gasteiger partial charge >= 0.3 is 0 Å². The zero-order valence-electron chi connectivity index (χ0n) is 13.4. The van der Waals surface area contributed by atoms with Gasteiger partial charge in [-0.1, -0.05) is 36.4 Å². The number of aromatic nitrogens is 2. The van der Waals surface area contributed by atoms with E-state index in [1.54, 1.807) is 36.6 Å². The van der Waals surface area contributed by atoms with E-state index in [9.17, 15) is 8.42 Å². The fraction of sp³-hybridized carbons (Fsp3) is 0.0556. The lowest BCUT2D eigenvalue weighted by Gasteiger charge is -2.08. The number of rotatable bonds is 4. The summed E-state index contributed by atoms with van der Waals surface area (Å²) in [7, 11) is -1.97. The first-order valence-corrected chi connectivity index (χ1v) is 9.99. The minimum absolute atomic E-state index is 0.227. The maximum Gasteiger partial charge on any atom is 0.263 e. The Morgan fingerprint density at radius 1 is 1.00 bits per heavy atom. The summed E-state index contributed by atoms with van der Waals surface area (Å²) in [5.41, 5.74) is 0.744. The van der Waals surface area contributed by atoms with Crippen LogP contribution in [-0.2, 0) is 17.1 Å². The number of benzene rings is 2. The molecule has 0 radical (unpaired) electrons. The summed E-state index contributed by atoms with van der Waals surface area (Å²) >= 11 is 1.56. The van der Waals surface area contributed by atoms with Crippen LogP contribution in [-0.4, -0.2) is 18.2 Å². The molecule has 0 atom stereocenters. The molecule has 0 spiro atoms. The van der Waals surface area contributed by atoms with Gasteiger partial charge in [-0.05, 0) is 34.4 Å². The van der Waals surface area contributed by atoms with Crippen LogP contribution in [0.4, 0.5) is 5.82 Å². The Morgan fingerprint density at radius 3 is 2.56 bits per heavy atom. The average molecular weight is 369 g/mol. The van der Waals surface area contributed by atoms with Crippen molar-refractivity contribution in [2.75, 3.05) is 4.72 Å². The SMILES string of the molecule is Cn1nc(-c2cccs2)cc1NS(=O)(=O)c1ccc2ccccc2c1. The Bertz CT molecular complexity index is 1150. The van der Waals surface area contributed by atoms with E-state index in [0.29, 0.717) is 5.82 Å². The summed E-state index contributed by atoms with van der Waals surface area (Å²) in [6, 6.07) is 18.4. The zero-order chi connectivity index (χ0) is 17.4. The molecule has 0 amide bonds. The number of nitrogens with one attached hydrogen (secondary N) is 1. The van der Waals surface area contributed by atoms with Crippen molar-refractivity contribution in [3.8, 4) is 10.6 Å². The van der Waals surface area contributed by atoms with E-state index in [2.05, 4.69) is 9.82 Å². The highest BCUT2D eigenvalue weighted by atomic mass is 32.2. The van der Waals surface area contributed by atoms with Crippen LogP contribution < -0.4 is 4.72 Å². The number of fused-ring (bicyclic) bond motifs is 1. The lowest BCUT2D eigenvalue weighted by Crippen LogP contribution is -2.15. The minimum Gasteiger partial charge on any atom is -0.264 e. The number of hydrogen-bond donors (Lipinski definition) is 1. The van der Waals surface area contributed by atoms with Crippen LogP contribution in [0.5, 0.6) is 0 Å². The van der Waals surface area contributed by atoms with Crippen molar-refractivity contribution in [3.05, 3.63) is 66.0 Å².